The lowest BCUT2D eigenvalue weighted by atomic mass is 10.1. The van der Waals surface area contributed by atoms with Crippen molar-refractivity contribution in [3.8, 4) is 0 Å². The van der Waals surface area contributed by atoms with E-state index in [0.717, 1.165) is 6.42 Å². The van der Waals surface area contributed by atoms with Crippen LogP contribution in [0.1, 0.15) is 38.5 Å². The van der Waals surface area contributed by atoms with Gasteiger partial charge in [0.1, 0.15) is 5.78 Å². The Morgan fingerprint density at radius 3 is 2.06 bits per heavy atom. The first-order valence-electron chi connectivity index (χ1n) is 5.78. The highest BCUT2D eigenvalue weighted by Gasteiger charge is 2.09. The zero-order chi connectivity index (χ0) is 13.1. The van der Waals surface area contributed by atoms with Gasteiger partial charge in [-0.2, -0.15) is 0 Å². The second-order valence-corrected chi connectivity index (χ2v) is 3.76. The number of ketones is 1. The van der Waals surface area contributed by atoms with E-state index >= 15 is 0 Å². The minimum absolute atomic E-state index is 0.175. The molecule has 0 saturated carbocycles. The molecule has 0 atom stereocenters. The van der Waals surface area contributed by atoms with Crippen molar-refractivity contribution in [3.05, 3.63) is 0 Å². The monoisotopic (exact) mass is 246 g/mol. The Morgan fingerprint density at radius 1 is 0.941 bits per heavy atom. The number of hydrogen-bond acceptors (Lipinski definition) is 5. The summed E-state index contributed by atoms with van der Waals surface area (Å²) in [5, 5.41) is 0. The molecule has 0 unspecified atom stereocenters. The highest BCUT2D eigenvalue weighted by atomic mass is 16.7. The van der Waals surface area contributed by atoms with Gasteiger partial charge in [0.15, 0.2) is 6.29 Å². The SMILES string of the molecule is COC(=O)CCCCC(=O)CCC(OC)OC. The molecule has 0 spiro atoms. The first-order valence-corrected chi connectivity index (χ1v) is 5.78. The van der Waals surface area contributed by atoms with Crippen molar-refractivity contribution in [1.82, 2.24) is 0 Å². The van der Waals surface area contributed by atoms with Crippen LogP contribution in [0.5, 0.6) is 0 Å². The number of unbranched alkanes of at least 4 members (excludes halogenated alkanes) is 1. The fourth-order valence-electron chi connectivity index (χ4n) is 1.43. The summed E-state index contributed by atoms with van der Waals surface area (Å²) in [5.74, 6) is -0.0507. The third-order valence-electron chi connectivity index (χ3n) is 2.50. The van der Waals surface area contributed by atoms with E-state index in [1.807, 2.05) is 0 Å². The number of esters is 1. The third-order valence-corrected chi connectivity index (χ3v) is 2.50. The van der Waals surface area contributed by atoms with E-state index in [1.165, 1.54) is 7.11 Å². The number of rotatable bonds is 10. The Morgan fingerprint density at radius 2 is 1.53 bits per heavy atom. The van der Waals surface area contributed by atoms with E-state index in [-0.39, 0.29) is 18.0 Å². The highest BCUT2D eigenvalue weighted by Crippen LogP contribution is 2.08. The maximum atomic E-state index is 11.5. The van der Waals surface area contributed by atoms with E-state index in [4.69, 9.17) is 9.47 Å². The Balaban J connectivity index is 3.50. The number of carbonyl (C=O) groups is 2. The first-order chi connectivity index (χ1) is 8.13. The summed E-state index contributed by atoms with van der Waals surface area (Å²) < 4.78 is 14.5. The molecule has 5 nitrogen and oxygen atoms in total. The summed E-state index contributed by atoms with van der Waals surface area (Å²) in [6, 6.07) is 0. The van der Waals surface area contributed by atoms with Crippen LogP contribution in [0.25, 0.3) is 0 Å². The predicted molar refractivity (Wildman–Crippen MR) is 62.5 cm³/mol. The number of Topliss-reactive ketones (excluding diaryl/α,β-unsaturated/α-hetero) is 1. The molecule has 17 heavy (non-hydrogen) atoms. The van der Waals surface area contributed by atoms with Crippen molar-refractivity contribution in [3.63, 3.8) is 0 Å². The molecule has 0 aromatic rings. The summed E-state index contributed by atoms with van der Waals surface area (Å²) in [5.41, 5.74) is 0. The van der Waals surface area contributed by atoms with Crippen molar-refractivity contribution in [2.45, 2.75) is 44.8 Å². The molecule has 0 heterocycles. The Kier molecular flexibility index (Phi) is 9.66. The topological polar surface area (TPSA) is 61.8 Å². The lowest BCUT2D eigenvalue weighted by Gasteiger charge is -2.12. The molecular formula is C12H22O5. The molecule has 0 rings (SSSR count). The highest BCUT2D eigenvalue weighted by molar-refractivity contribution is 5.78. The summed E-state index contributed by atoms with van der Waals surface area (Å²) >= 11 is 0. The molecule has 0 aliphatic heterocycles. The average molecular weight is 246 g/mol. The number of carbonyl (C=O) groups excluding carboxylic acids is 2. The van der Waals surface area contributed by atoms with Gasteiger partial charge in [-0.3, -0.25) is 9.59 Å². The third kappa shape index (κ3) is 8.83. The van der Waals surface area contributed by atoms with Gasteiger partial charge in [0.25, 0.3) is 0 Å². The summed E-state index contributed by atoms with van der Waals surface area (Å²) in [6.45, 7) is 0. The molecule has 0 aliphatic carbocycles. The van der Waals surface area contributed by atoms with Gasteiger partial charge >= 0.3 is 5.97 Å². The average Bonchev–Trinajstić information content (AvgIpc) is 2.35. The van der Waals surface area contributed by atoms with Gasteiger partial charge in [0.2, 0.25) is 0 Å². The fraction of sp³-hybridized carbons (Fsp3) is 0.833. The van der Waals surface area contributed by atoms with Gasteiger partial charge in [-0.1, -0.05) is 0 Å². The summed E-state index contributed by atoms with van der Waals surface area (Å²) in [7, 11) is 4.47. The zero-order valence-corrected chi connectivity index (χ0v) is 10.9. The van der Waals surface area contributed by atoms with Crippen LogP contribution in [0.2, 0.25) is 0 Å². The second kappa shape index (κ2) is 10.2. The molecule has 0 saturated heterocycles. The Bertz CT molecular complexity index is 223. The molecule has 0 bridgehead atoms. The van der Waals surface area contributed by atoms with Gasteiger partial charge in [0, 0.05) is 39.9 Å². The second-order valence-electron chi connectivity index (χ2n) is 3.76. The lowest BCUT2D eigenvalue weighted by molar-refractivity contribution is -0.140. The molecule has 5 heteroatoms. The minimum atomic E-state index is -0.311. The van der Waals surface area contributed by atoms with Crippen LogP contribution >= 0.6 is 0 Å². The van der Waals surface area contributed by atoms with Crippen LogP contribution in [0.3, 0.4) is 0 Å². The normalized spacial score (nSPS) is 10.6. The molecule has 0 N–H and O–H groups in total. The first kappa shape index (κ1) is 16.1. The van der Waals surface area contributed by atoms with Crippen LogP contribution < -0.4 is 0 Å². The molecular weight excluding hydrogens is 224 g/mol. The quantitative estimate of drug-likeness (QED) is 0.333. The molecule has 0 amide bonds. The van der Waals surface area contributed by atoms with Crippen LogP contribution in [0.4, 0.5) is 0 Å². The van der Waals surface area contributed by atoms with E-state index in [2.05, 4.69) is 4.74 Å². The van der Waals surface area contributed by atoms with E-state index in [1.54, 1.807) is 14.2 Å². The van der Waals surface area contributed by atoms with E-state index in [0.29, 0.717) is 32.1 Å². The molecule has 0 fully saturated rings. The molecule has 0 aromatic carbocycles. The predicted octanol–water partition coefficient (Wildman–Crippen LogP) is 1.69. The zero-order valence-electron chi connectivity index (χ0n) is 10.9. The fourth-order valence-corrected chi connectivity index (χ4v) is 1.43. The number of hydrogen-bond donors (Lipinski definition) is 0. The number of methoxy groups -OCH3 is 3. The van der Waals surface area contributed by atoms with E-state index < -0.39 is 0 Å². The van der Waals surface area contributed by atoms with Gasteiger partial charge in [-0.15, -0.1) is 0 Å². The standard InChI is InChI=1S/C12H22O5/c1-15-11(14)7-5-4-6-10(13)8-9-12(16-2)17-3/h12H,4-9H2,1-3H3. The van der Waals surface area contributed by atoms with Crippen LogP contribution in [-0.2, 0) is 23.8 Å². The van der Waals surface area contributed by atoms with Crippen molar-refractivity contribution >= 4 is 11.8 Å². The largest absolute Gasteiger partial charge is 0.469 e. The summed E-state index contributed by atoms with van der Waals surface area (Å²) in [6.07, 6.45) is 3.00. The van der Waals surface area contributed by atoms with Crippen molar-refractivity contribution in [1.29, 1.82) is 0 Å². The Hall–Kier alpha value is -0.940. The Labute approximate surface area is 102 Å². The van der Waals surface area contributed by atoms with Crippen molar-refractivity contribution in [2.24, 2.45) is 0 Å². The number of ether oxygens (including phenoxy) is 3. The van der Waals surface area contributed by atoms with Crippen LogP contribution in [-0.4, -0.2) is 39.4 Å². The van der Waals surface area contributed by atoms with Gasteiger partial charge in [-0.25, -0.2) is 0 Å². The molecule has 100 valence electrons. The van der Waals surface area contributed by atoms with Gasteiger partial charge in [0.05, 0.1) is 7.11 Å². The maximum Gasteiger partial charge on any atom is 0.305 e. The molecule has 0 aromatic heterocycles. The lowest BCUT2D eigenvalue weighted by Crippen LogP contribution is -2.14. The molecule has 0 aliphatic rings. The summed E-state index contributed by atoms with van der Waals surface area (Å²) in [4.78, 5) is 22.3. The van der Waals surface area contributed by atoms with Crippen molar-refractivity contribution < 1.29 is 23.8 Å². The van der Waals surface area contributed by atoms with Crippen LogP contribution in [0.15, 0.2) is 0 Å². The van der Waals surface area contributed by atoms with E-state index in [9.17, 15) is 9.59 Å². The smallest absolute Gasteiger partial charge is 0.305 e. The maximum absolute atomic E-state index is 11.5. The minimum Gasteiger partial charge on any atom is -0.469 e. The van der Waals surface area contributed by atoms with Crippen LogP contribution in [0, 0.1) is 0 Å². The van der Waals surface area contributed by atoms with Gasteiger partial charge in [-0.05, 0) is 12.8 Å². The van der Waals surface area contributed by atoms with Crippen molar-refractivity contribution in [2.75, 3.05) is 21.3 Å². The van der Waals surface area contributed by atoms with Gasteiger partial charge < -0.3 is 14.2 Å². The molecule has 0 radical (unpaired) electrons.